The fourth-order valence-electron chi connectivity index (χ4n) is 3.48. The highest BCUT2D eigenvalue weighted by atomic mass is 15.2. The van der Waals surface area contributed by atoms with Crippen LogP contribution in [0.1, 0.15) is 36.2 Å². The van der Waals surface area contributed by atoms with Gasteiger partial charge >= 0.3 is 0 Å². The van der Waals surface area contributed by atoms with E-state index in [1.807, 2.05) is 24.9 Å². The quantitative estimate of drug-likeness (QED) is 0.779. The van der Waals surface area contributed by atoms with Gasteiger partial charge in [0.15, 0.2) is 0 Å². The number of benzene rings is 1. The molecule has 0 aliphatic carbocycles. The van der Waals surface area contributed by atoms with E-state index >= 15 is 0 Å². The summed E-state index contributed by atoms with van der Waals surface area (Å²) in [5.41, 5.74) is 7.82. The number of nitrogens with one attached hydrogen (secondary N) is 1. The average molecular weight is 345 g/mol. The minimum Gasteiger partial charge on any atom is -0.367 e. The molecule has 132 valence electrons. The van der Waals surface area contributed by atoms with Crippen LogP contribution in [0.5, 0.6) is 0 Å². The van der Waals surface area contributed by atoms with E-state index in [0.29, 0.717) is 12.6 Å². The van der Waals surface area contributed by atoms with Crippen molar-refractivity contribution in [3.8, 4) is 11.1 Å². The molecule has 0 bridgehead atoms. The van der Waals surface area contributed by atoms with Crippen molar-refractivity contribution in [1.29, 1.82) is 0 Å². The number of hydrogen-bond acceptors (Lipinski definition) is 4. The molecule has 0 radical (unpaired) electrons. The van der Waals surface area contributed by atoms with Crippen molar-refractivity contribution in [3.05, 3.63) is 65.1 Å². The summed E-state index contributed by atoms with van der Waals surface area (Å²) in [5, 5.41) is 7.92. The van der Waals surface area contributed by atoms with Crippen LogP contribution in [-0.4, -0.2) is 26.5 Å². The van der Waals surface area contributed by atoms with Crippen molar-refractivity contribution in [2.75, 3.05) is 5.32 Å². The summed E-state index contributed by atoms with van der Waals surface area (Å²) in [4.78, 5) is 9.38. The van der Waals surface area contributed by atoms with Gasteiger partial charge in [-0.3, -0.25) is 9.67 Å². The van der Waals surface area contributed by atoms with E-state index in [1.165, 1.54) is 5.56 Å². The van der Waals surface area contributed by atoms with Gasteiger partial charge in [0.2, 0.25) is 0 Å². The standard InChI is InChI=1S/C21H23N5/c1-13(2)24-21-19-17(8-9-22-21)11-23-20(19)16-7-5-6-15(10-16)18-12-26(4)25-14(18)3/h5-10,12-13H,11H2,1-4H3,(H,22,24). The SMILES string of the molecule is Cc1nn(C)cc1-c1cccc(C2=NCc3ccnc(NC(C)C)c32)c1. The number of aryl methyl sites for hydroxylation is 2. The summed E-state index contributed by atoms with van der Waals surface area (Å²) >= 11 is 0. The van der Waals surface area contributed by atoms with Crippen LogP contribution in [0.4, 0.5) is 5.82 Å². The first kappa shape index (κ1) is 16.5. The summed E-state index contributed by atoms with van der Waals surface area (Å²) in [5.74, 6) is 0.914. The normalized spacial score (nSPS) is 13.0. The molecular formula is C21H23N5. The molecular weight excluding hydrogens is 322 g/mol. The zero-order chi connectivity index (χ0) is 18.3. The van der Waals surface area contributed by atoms with Crippen molar-refractivity contribution >= 4 is 11.5 Å². The van der Waals surface area contributed by atoms with Crippen LogP contribution in [-0.2, 0) is 13.6 Å². The molecule has 1 aliphatic heterocycles. The Morgan fingerprint density at radius 2 is 1.96 bits per heavy atom. The van der Waals surface area contributed by atoms with E-state index < -0.39 is 0 Å². The average Bonchev–Trinajstić information content (AvgIpc) is 3.18. The molecule has 26 heavy (non-hydrogen) atoms. The Kier molecular flexibility index (Phi) is 4.07. The van der Waals surface area contributed by atoms with Crippen LogP contribution in [0.3, 0.4) is 0 Å². The van der Waals surface area contributed by atoms with Gasteiger partial charge in [0.25, 0.3) is 0 Å². The first-order valence-electron chi connectivity index (χ1n) is 8.93. The minimum absolute atomic E-state index is 0.320. The Balaban J connectivity index is 1.78. The first-order chi connectivity index (χ1) is 12.5. The molecule has 4 rings (SSSR count). The van der Waals surface area contributed by atoms with Crippen LogP contribution < -0.4 is 5.32 Å². The van der Waals surface area contributed by atoms with Gasteiger partial charge < -0.3 is 5.32 Å². The van der Waals surface area contributed by atoms with Crippen LogP contribution in [0, 0.1) is 6.92 Å². The molecule has 0 unspecified atom stereocenters. The second-order valence-corrected chi connectivity index (χ2v) is 7.04. The fourth-order valence-corrected chi connectivity index (χ4v) is 3.48. The van der Waals surface area contributed by atoms with E-state index in [1.54, 1.807) is 0 Å². The molecule has 0 amide bonds. The summed E-state index contributed by atoms with van der Waals surface area (Å²) < 4.78 is 1.86. The molecule has 0 saturated heterocycles. The number of fused-ring (bicyclic) bond motifs is 1. The maximum absolute atomic E-state index is 4.82. The van der Waals surface area contributed by atoms with Crippen LogP contribution in [0.2, 0.25) is 0 Å². The van der Waals surface area contributed by atoms with Crippen molar-refractivity contribution in [2.45, 2.75) is 33.4 Å². The van der Waals surface area contributed by atoms with Crippen molar-refractivity contribution in [2.24, 2.45) is 12.0 Å². The molecule has 1 aliphatic rings. The topological polar surface area (TPSA) is 55.1 Å². The lowest BCUT2D eigenvalue weighted by molar-refractivity contribution is 0.756. The maximum Gasteiger partial charge on any atom is 0.135 e. The summed E-state index contributed by atoms with van der Waals surface area (Å²) in [6, 6.07) is 10.9. The van der Waals surface area contributed by atoms with Gasteiger partial charge in [0, 0.05) is 42.2 Å². The van der Waals surface area contributed by atoms with Gasteiger partial charge in [-0.2, -0.15) is 5.10 Å². The summed E-state index contributed by atoms with van der Waals surface area (Å²) in [7, 11) is 1.95. The molecule has 5 heteroatoms. The molecule has 5 nitrogen and oxygen atoms in total. The zero-order valence-electron chi connectivity index (χ0n) is 15.6. The van der Waals surface area contributed by atoms with Gasteiger partial charge in [-0.1, -0.05) is 18.2 Å². The third-order valence-corrected chi connectivity index (χ3v) is 4.57. The molecule has 0 atom stereocenters. The third-order valence-electron chi connectivity index (χ3n) is 4.57. The highest BCUT2D eigenvalue weighted by Crippen LogP contribution is 2.30. The highest BCUT2D eigenvalue weighted by molar-refractivity contribution is 6.18. The Morgan fingerprint density at radius 3 is 2.69 bits per heavy atom. The molecule has 0 spiro atoms. The molecule has 1 N–H and O–H groups in total. The fraction of sp³-hybridized carbons (Fsp3) is 0.286. The Morgan fingerprint density at radius 1 is 1.15 bits per heavy atom. The van der Waals surface area contributed by atoms with Gasteiger partial charge in [-0.05, 0) is 44.0 Å². The lowest BCUT2D eigenvalue weighted by atomic mass is 9.97. The van der Waals surface area contributed by atoms with E-state index in [2.05, 4.69) is 65.8 Å². The predicted octanol–water partition coefficient (Wildman–Crippen LogP) is 3.96. The second kappa shape index (κ2) is 6.41. The number of aromatic nitrogens is 3. The van der Waals surface area contributed by atoms with Crippen LogP contribution in [0.15, 0.2) is 47.7 Å². The molecule has 0 saturated carbocycles. The molecule has 0 fully saturated rings. The highest BCUT2D eigenvalue weighted by Gasteiger charge is 2.23. The number of rotatable bonds is 4. The van der Waals surface area contributed by atoms with E-state index in [4.69, 9.17) is 4.99 Å². The number of aliphatic imine (C=N–C) groups is 1. The maximum atomic E-state index is 4.82. The number of anilines is 1. The molecule has 3 heterocycles. The Hall–Kier alpha value is -2.95. The number of hydrogen-bond donors (Lipinski definition) is 1. The summed E-state index contributed by atoms with van der Waals surface area (Å²) in [6.45, 7) is 6.99. The number of pyridine rings is 1. The predicted molar refractivity (Wildman–Crippen MR) is 106 cm³/mol. The van der Waals surface area contributed by atoms with Crippen LogP contribution in [0.25, 0.3) is 11.1 Å². The Bertz CT molecular complexity index is 997. The summed E-state index contributed by atoms with van der Waals surface area (Å²) in [6.07, 6.45) is 3.92. The first-order valence-corrected chi connectivity index (χ1v) is 8.93. The van der Waals surface area contributed by atoms with Crippen molar-refractivity contribution < 1.29 is 0 Å². The second-order valence-electron chi connectivity index (χ2n) is 7.04. The minimum atomic E-state index is 0.320. The van der Waals surface area contributed by atoms with Gasteiger partial charge in [-0.25, -0.2) is 4.98 Å². The monoisotopic (exact) mass is 345 g/mol. The van der Waals surface area contributed by atoms with Gasteiger partial charge in [0.05, 0.1) is 18.0 Å². The lowest BCUT2D eigenvalue weighted by Gasteiger charge is -2.14. The number of nitrogens with zero attached hydrogens (tertiary/aromatic N) is 4. The van der Waals surface area contributed by atoms with E-state index in [9.17, 15) is 0 Å². The van der Waals surface area contributed by atoms with E-state index in [-0.39, 0.29) is 0 Å². The van der Waals surface area contributed by atoms with E-state index in [0.717, 1.165) is 39.5 Å². The molecule has 1 aromatic carbocycles. The third kappa shape index (κ3) is 2.90. The largest absolute Gasteiger partial charge is 0.367 e. The Labute approximate surface area is 153 Å². The van der Waals surface area contributed by atoms with Gasteiger partial charge in [-0.15, -0.1) is 0 Å². The van der Waals surface area contributed by atoms with Crippen LogP contribution >= 0.6 is 0 Å². The van der Waals surface area contributed by atoms with Gasteiger partial charge in [0.1, 0.15) is 5.82 Å². The lowest BCUT2D eigenvalue weighted by Crippen LogP contribution is -2.15. The molecule has 3 aromatic rings. The molecule has 2 aromatic heterocycles. The van der Waals surface area contributed by atoms with Crippen molar-refractivity contribution in [3.63, 3.8) is 0 Å². The smallest absolute Gasteiger partial charge is 0.135 e. The van der Waals surface area contributed by atoms with Crippen molar-refractivity contribution in [1.82, 2.24) is 14.8 Å². The zero-order valence-corrected chi connectivity index (χ0v) is 15.6.